The van der Waals surface area contributed by atoms with Crippen molar-refractivity contribution in [3.63, 3.8) is 0 Å². The summed E-state index contributed by atoms with van der Waals surface area (Å²) in [5.41, 5.74) is 0.958. The molecular formula is C16H12ClN5O3. The van der Waals surface area contributed by atoms with Crippen LogP contribution in [0, 0.1) is 17.0 Å². The van der Waals surface area contributed by atoms with E-state index in [9.17, 15) is 10.1 Å². The summed E-state index contributed by atoms with van der Waals surface area (Å²) >= 11 is 6.08. The van der Waals surface area contributed by atoms with Gasteiger partial charge in [-0.05, 0) is 36.8 Å². The Kier molecular flexibility index (Phi) is 4.71. The van der Waals surface area contributed by atoms with Crippen molar-refractivity contribution in [3.8, 4) is 11.6 Å². The predicted molar refractivity (Wildman–Crippen MR) is 92.5 cm³/mol. The number of ether oxygens (including phenoxy) is 1. The lowest BCUT2D eigenvalue weighted by molar-refractivity contribution is -0.385. The van der Waals surface area contributed by atoms with Gasteiger partial charge >= 0.3 is 11.6 Å². The molecule has 3 aromatic rings. The number of nitrogens with zero attached hydrogens (tertiary/aromatic N) is 4. The molecule has 0 spiro atoms. The number of aromatic nitrogens is 3. The fourth-order valence-electron chi connectivity index (χ4n) is 2.08. The van der Waals surface area contributed by atoms with Crippen molar-refractivity contribution in [1.82, 2.24) is 15.0 Å². The van der Waals surface area contributed by atoms with E-state index in [1.165, 1.54) is 12.5 Å². The van der Waals surface area contributed by atoms with Gasteiger partial charge in [-0.1, -0.05) is 17.7 Å². The van der Waals surface area contributed by atoms with Crippen LogP contribution in [0.5, 0.6) is 11.6 Å². The third-order valence-corrected chi connectivity index (χ3v) is 3.75. The second-order valence-corrected chi connectivity index (χ2v) is 5.37. The zero-order valence-corrected chi connectivity index (χ0v) is 13.8. The number of hydrogen-bond acceptors (Lipinski definition) is 7. The zero-order chi connectivity index (χ0) is 17.8. The quantitative estimate of drug-likeness (QED) is 0.537. The van der Waals surface area contributed by atoms with Gasteiger partial charge in [0.1, 0.15) is 12.1 Å². The molecule has 1 N–H and O–H groups in total. The van der Waals surface area contributed by atoms with Crippen LogP contribution in [0.25, 0.3) is 0 Å². The molecule has 0 bridgehead atoms. The molecule has 1 aromatic carbocycles. The van der Waals surface area contributed by atoms with Crippen molar-refractivity contribution in [1.29, 1.82) is 0 Å². The number of rotatable bonds is 5. The van der Waals surface area contributed by atoms with Crippen LogP contribution in [-0.2, 0) is 0 Å². The van der Waals surface area contributed by atoms with Crippen LogP contribution in [0.2, 0.25) is 5.02 Å². The summed E-state index contributed by atoms with van der Waals surface area (Å²) in [6.07, 6.45) is 4.18. The van der Waals surface area contributed by atoms with Crippen LogP contribution in [0.3, 0.4) is 0 Å². The Balaban J connectivity index is 2.01. The smallest absolute Gasteiger partial charge is 0.373 e. The van der Waals surface area contributed by atoms with Crippen LogP contribution in [0.1, 0.15) is 5.56 Å². The van der Waals surface area contributed by atoms with Crippen LogP contribution in [0.15, 0.2) is 49.1 Å². The third kappa shape index (κ3) is 3.64. The van der Waals surface area contributed by atoms with Crippen LogP contribution in [-0.4, -0.2) is 19.9 Å². The minimum atomic E-state index is -0.603. The summed E-state index contributed by atoms with van der Waals surface area (Å²) in [7, 11) is 0. The van der Waals surface area contributed by atoms with Crippen LogP contribution >= 0.6 is 11.6 Å². The van der Waals surface area contributed by atoms with Crippen LogP contribution < -0.4 is 10.1 Å². The number of hydrogen-bond donors (Lipinski definition) is 1. The van der Waals surface area contributed by atoms with Gasteiger partial charge in [-0.3, -0.25) is 15.1 Å². The minimum Gasteiger partial charge on any atom is -0.432 e. The normalized spacial score (nSPS) is 10.3. The van der Waals surface area contributed by atoms with Gasteiger partial charge in [-0.25, -0.2) is 4.98 Å². The molecular weight excluding hydrogens is 346 g/mol. The molecule has 0 radical (unpaired) electrons. The Labute approximate surface area is 147 Å². The maximum atomic E-state index is 11.5. The monoisotopic (exact) mass is 357 g/mol. The second-order valence-electron chi connectivity index (χ2n) is 4.96. The van der Waals surface area contributed by atoms with Crippen molar-refractivity contribution >= 4 is 28.8 Å². The summed E-state index contributed by atoms with van der Waals surface area (Å²) in [5.74, 6) is 0.147. The summed E-state index contributed by atoms with van der Waals surface area (Å²) in [5, 5.41) is 15.0. The molecule has 2 heterocycles. The van der Waals surface area contributed by atoms with Crippen molar-refractivity contribution in [3.05, 3.63) is 69.8 Å². The Bertz CT molecular complexity index is 921. The average Bonchev–Trinajstić information content (AvgIpc) is 2.60. The number of anilines is 2. The molecule has 0 atom stereocenters. The van der Waals surface area contributed by atoms with E-state index in [1.807, 2.05) is 0 Å². The number of nitrogens with one attached hydrogen (secondary N) is 1. The molecule has 0 aliphatic heterocycles. The zero-order valence-electron chi connectivity index (χ0n) is 13.0. The van der Waals surface area contributed by atoms with Crippen molar-refractivity contribution < 1.29 is 9.66 Å². The van der Waals surface area contributed by atoms with Gasteiger partial charge in [0, 0.05) is 16.9 Å². The Morgan fingerprint density at radius 2 is 2.08 bits per heavy atom. The van der Waals surface area contributed by atoms with Gasteiger partial charge in [0.05, 0.1) is 11.1 Å². The molecule has 3 rings (SSSR count). The fourth-order valence-corrected chi connectivity index (χ4v) is 2.26. The molecule has 0 amide bonds. The number of pyridine rings is 1. The van der Waals surface area contributed by atoms with Crippen molar-refractivity contribution in [2.24, 2.45) is 0 Å². The Morgan fingerprint density at radius 3 is 2.80 bits per heavy atom. The Morgan fingerprint density at radius 1 is 1.24 bits per heavy atom. The second kappa shape index (κ2) is 7.10. The highest BCUT2D eigenvalue weighted by Crippen LogP contribution is 2.36. The molecule has 25 heavy (non-hydrogen) atoms. The molecule has 0 unspecified atom stereocenters. The van der Waals surface area contributed by atoms with Gasteiger partial charge < -0.3 is 10.1 Å². The molecule has 2 aromatic heterocycles. The molecule has 8 nitrogen and oxygen atoms in total. The fraction of sp³-hybridized carbons (Fsp3) is 0.0625. The lowest BCUT2D eigenvalue weighted by Crippen LogP contribution is -2.04. The first kappa shape index (κ1) is 16.6. The first-order chi connectivity index (χ1) is 12.1. The van der Waals surface area contributed by atoms with Gasteiger partial charge in [0.25, 0.3) is 0 Å². The Hall–Kier alpha value is -3.26. The first-order valence-corrected chi connectivity index (χ1v) is 7.53. The van der Waals surface area contributed by atoms with E-state index < -0.39 is 4.92 Å². The number of halogens is 1. The highest BCUT2D eigenvalue weighted by molar-refractivity contribution is 6.31. The molecule has 0 aliphatic carbocycles. The van der Waals surface area contributed by atoms with E-state index in [2.05, 4.69) is 20.3 Å². The molecule has 0 fully saturated rings. The van der Waals surface area contributed by atoms with Gasteiger partial charge in [0.15, 0.2) is 0 Å². The molecule has 126 valence electrons. The van der Waals surface area contributed by atoms with Crippen molar-refractivity contribution in [2.75, 3.05) is 5.32 Å². The third-order valence-electron chi connectivity index (χ3n) is 3.34. The lowest BCUT2D eigenvalue weighted by atomic mass is 10.2. The van der Waals surface area contributed by atoms with Gasteiger partial charge in [0.2, 0.25) is 5.82 Å². The standard InChI is InChI=1S/C16H12ClN5O3/c1-10-12(17)5-2-6-13(10)21-15-14(22(23)24)16(20-9-19-15)25-11-4-3-7-18-8-11/h2-9H,1H3,(H,19,20,21). The van der Waals surface area contributed by atoms with Crippen molar-refractivity contribution in [2.45, 2.75) is 6.92 Å². The van der Waals surface area contributed by atoms with Gasteiger partial charge in [-0.15, -0.1) is 0 Å². The van der Waals surface area contributed by atoms with E-state index in [0.29, 0.717) is 16.5 Å². The SMILES string of the molecule is Cc1c(Cl)cccc1Nc1ncnc(Oc2cccnc2)c1[N+](=O)[O-]. The summed E-state index contributed by atoms with van der Waals surface area (Å²) in [4.78, 5) is 22.7. The summed E-state index contributed by atoms with van der Waals surface area (Å²) < 4.78 is 5.48. The first-order valence-electron chi connectivity index (χ1n) is 7.15. The largest absolute Gasteiger partial charge is 0.432 e. The van der Waals surface area contributed by atoms with E-state index in [1.54, 1.807) is 43.5 Å². The average molecular weight is 358 g/mol. The number of benzene rings is 1. The van der Waals surface area contributed by atoms with E-state index in [0.717, 1.165) is 5.56 Å². The predicted octanol–water partition coefficient (Wildman–Crippen LogP) is 4.28. The van der Waals surface area contributed by atoms with E-state index >= 15 is 0 Å². The highest BCUT2D eigenvalue weighted by atomic mass is 35.5. The van der Waals surface area contributed by atoms with Crippen LogP contribution in [0.4, 0.5) is 17.2 Å². The molecule has 0 saturated carbocycles. The maximum Gasteiger partial charge on any atom is 0.373 e. The molecule has 0 saturated heterocycles. The maximum absolute atomic E-state index is 11.5. The minimum absolute atomic E-state index is 0.00394. The summed E-state index contributed by atoms with van der Waals surface area (Å²) in [6, 6.07) is 8.48. The van der Waals surface area contributed by atoms with Gasteiger partial charge in [-0.2, -0.15) is 4.98 Å². The topological polar surface area (TPSA) is 103 Å². The molecule has 0 aliphatic rings. The van der Waals surface area contributed by atoms with E-state index in [4.69, 9.17) is 16.3 Å². The summed E-state index contributed by atoms with van der Waals surface area (Å²) in [6.45, 7) is 1.80. The lowest BCUT2D eigenvalue weighted by Gasteiger charge is -2.11. The highest BCUT2D eigenvalue weighted by Gasteiger charge is 2.25. The number of nitro groups is 1. The molecule has 9 heteroatoms. The van der Waals surface area contributed by atoms with E-state index in [-0.39, 0.29) is 17.4 Å².